The summed E-state index contributed by atoms with van der Waals surface area (Å²) in [4.78, 5) is 0. The van der Waals surface area contributed by atoms with E-state index >= 15 is 0 Å². The highest BCUT2D eigenvalue weighted by Crippen LogP contribution is 2.24. The Morgan fingerprint density at radius 3 is 2.88 bits per heavy atom. The molecule has 2 rings (SSSR count). The molecule has 1 N–H and O–H groups in total. The molecule has 0 aromatic heterocycles. The van der Waals surface area contributed by atoms with Gasteiger partial charge in [0.2, 0.25) is 0 Å². The van der Waals surface area contributed by atoms with Gasteiger partial charge in [0.05, 0.1) is 20.8 Å². The summed E-state index contributed by atoms with van der Waals surface area (Å²) in [7, 11) is 3.33. The number of hydrogen-bond acceptors (Lipinski definition) is 4. The van der Waals surface area contributed by atoms with Crippen LogP contribution < -0.4 is 14.8 Å². The Hall–Kier alpha value is -1.26. The Morgan fingerprint density at radius 2 is 2.24 bits per heavy atom. The fraction of sp³-hybridized carbons (Fsp3) is 0.538. The molecule has 1 atom stereocenters. The normalized spacial score (nSPS) is 19.3. The van der Waals surface area contributed by atoms with E-state index in [0.717, 1.165) is 43.2 Å². The highest BCUT2D eigenvalue weighted by molar-refractivity contribution is 5.40. The van der Waals surface area contributed by atoms with Crippen molar-refractivity contribution in [2.24, 2.45) is 0 Å². The van der Waals surface area contributed by atoms with Crippen molar-refractivity contribution < 1.29 is 14.2 Å². The van der Waals surface area contributed by atoms with E-state index < -0.39 is 0 Å². The zero-order valence-electron chi connectivity index (χ0n) is 10.4. The standard InChI is InChI=1S/C13H19NO3/c1-15-12-4-3-10(13(7-12)16-2)8-14-11-5-6-17-9-11/h3-4,7,11,14H,5-6,8-9H2,1-2H3/t11-/m0/s1. The lowest BCUT2D eigenvalue weighted by Crippen LogP contribution is -2.28. The van der Waals surface area contributed by atoms with Crippen LogP contribution in [0.25, 0.3) is 0 Å². The lowest BCUT2D eigenvalue weighted by atomic mass is 10.1. The third-order valence-electron chi connectivity index (χ3n) is 3.01. The Morgan fingerprint density at radius 1 is 1.35 bits per heavy atom. The van der Waals surface area contributed by atoms with Crippen molar-refractivity contribution >= 4 is 0 Å². The number of hydrogen-bond donors (Lipinski definition) is 1. The average molecular weight is 237 g/mol. The minimum absolute atomic E-state index is 0.460. The lowest BCUT2D eigenvalue weighted by Gasteiger charge is -2.14. The van der Waals surface area contributed by atoms with Gasteiger partial charge in [-0.25, -0.2) is 0 Å². The molecular formula is C13H19NO3. The van der Waals surface area contributed by atoms with Gasteiger partial charge in [-0.2, -0.15) is 0 Å². The Labute approximate surface area is 102 Å². The van der Waals surface area contributed by atoms with Crippen molar-refractivity contribution in [3.8, 4) is 11.5 Å². The van der Waals surface area contributed by atoms with Gasteiger partial charge in [-0.3, -0.25) is 0 Å². The van der Waals surface area contributed by atoms with Gasteiger partial charge in [-0.05, 0) is 12.5 Å². The van der Waals surface area contributed by atoms with Crippen molar-refractivity contribution in [3.63, 3.8) is 0 Å². The lowest BCUT2D eigenvalue weighted by molar-refractivity contribution is 0.189. The molecule has 1 aliphatic rings. The molecule has 0 unspecified atom stereocenters. The maximum absolute atomic E-state index is 5.35. The van der Waals surface area contributed by atoms with Gasteiger partial charge >= 0.3 is 0 Å². The molecule has 0 aliphatic carbocycles. The van der Waals surface area contributed by atoms with Crippen molar-refractivity contribution in [2.75, 3.05) is 27.4 Å². The summed E-state index contributed by atoms with van der Waals surface area (Å²) < 4.78 is 15.8. The quantitative estimate of drug-likeness (QED) is 0.844. The van der Waals surface area contributed by atoms with Crippen molar-refractivity contribution in [2.45, 2.75) is 19.0 Å². The second kappa shape index (κ2) is 5.89. The molecule has 4 heteroatoms. The Kier molecular flexibility index (Phi) is 4.23. The van der Waals surface area contributed by atoms with E-state index in [-0.39, 0.29) is 0 Å². The second-order valence-electron chi connectivity index (χ2n) is 4.12. The molecule has 1 aliphatic heterocycles. The summed E-state index contributed by atoms with van der Waals surface area (Å²) in [6, 6.07) is 6.34. The largest absolute Gasteiger partial charge is 0.497 e. The first-order valence-corrected chi connectivity index (χ1v) is 5.85. The fourth-order valence-electron chi connectivity index (χ4n) is 1.95. The molecule has 4 nitrogen and oxygen atoms in total. The molecule has 1 heterocycles. The third-order valence-corrected chi connectivity index (χ3v) is 3.01. The second-order valence-corrected chi connectivity index (χ2v) is 4.12. The minimum atomic E-state index is 0.460. The molecule has 0 amide bonds. The molecule has 1 fully saturated rings. The molecule has 17 heavy (non-hydrogen) atoms. The smallest absolute Gasteiger partial charge is 0.127 e. The average Bonchev–Trinajstić information content (AvgIpc) is 2.89. The van der Waals surface area contributed by atoms with E-state index in [1.165, 1.54) is 0 Å². The molecule has 0 saturated carbocycles. The van der Waals surface area contributed by atoms with Crippen LogP contribution in [0.4, 0.5) is 0 Å². The Bertz CT molecular complexity index is 362. The topological polar surface area (TPSA) is 39.7 Å². The van der Waals surface area contributed by atoms with Gasteiger partial charge < -0.3 is 19.5 Å². The molecule has 0 bridgehead atoms. The highest BCUT2D eigenvalue weighted by atomic mass is 16.5. The van der Waals surface area contributed by atoms with Gasteiger partial charge in [0, 0.05) is 30.8 Å². The van der Waals surface area contributed by atoms with E-state index in [1.807, 2.05) is 18.2 Å². The third kappa shape index (κ3) is 3.11. The zero-order valence-corrected chi connectivity index (χ0v) is 10.4. The van der Waals surface area contributed by atoms with E-state index in [4.69, 9.17) is 14.2 Å². The summed E-state index contributed by atoms with van der Waals surface area (Å²) in [5.74, 6) is 1.67. The van der Waals surface area contributed by atoms with E-state index in [2.05, 4.69) is 5.32 Å². The maximum Gasteiger partial charge on any atom is 0.127 e. The van der Waals surface area contributed by atoms with Gasteiger partial charge in [-0.1, -0.05) is 6.07 Å². The van der Waals surface area contributed by atoms with Crippen LogP contribution in [0, 0.1) is 0 Å². The number of rotatable bonds is 5. The summed E-state index contributed by atoms with van der Waals surface area (Å²) in [6.07, 6.45) is 1.08. The SMILES string of the molecule is COc1ccc(CN[C@H]2CCOC2)c(OC)c1. The molecule has 1 saturated heterocycles. The van der Waals surface area contributed by atoms with Gasteiger partial charge in [-0.15, -0.1) is 0 Å². The van der Waals surface area contributed by atoms with Gasteiger partial charge in [0.25, 0.3) is 0 Å². The maximum atomic E-state index is 5.35. The van der Waals surface area contributed by atoms with E-state index in [9.17, 15) is 0 Å². The first-order valence-electron chi connectivity index (χ1n) is 5.85. The minimum Gasteiger partial charge on any atom is -0.497 e. The monoisotopic (exact) mass is 237 g/mol. The molecule has 94 valence electrons. The highest BCUT2D eigenvalue weighted by Gasteiger charge is 2.15. The zero-order chi connectivity index (χ0) is 12.1. The van der Waals surface area contributed by atoms with E-state index in [0.29, 0.717) is 6.04 Å². The van der Waals surface area contributed by atoms with Crippen LogP contribution >= 0.6 is 0 Å². The van der Waals surface area contributed by atoms with Crippen molar-refractivity contribution in [1.82, 2.24) is 5.32 Å². The van der Waals surface area contributed by atoms with Crippen LogP contribution in [0.2, 0.25) is 0 Å². The van der Waals surface area contributed by atoms with Crippen LogP contribution in [0.1, 0.15) is 12.0 Å². The summed E-state index contributed by atoms with van der Waals surface area (Å²) in [5, 5.41) is 3.46. The fourth-order valence-corrected chi connectivity index (χ4v) is 1.95. The first-order chi connectivity index (χ1) is 8.33. The summed E-state index contributed by atoms with van der Waals surface area (Å²) >= 11 is 0. The van der Waals surface area contributed by atoms with Crippen LogP contribution in [-0.2, 0) is 11.3 Å². The van der Waals surface area contributed by atoms with Crippen LogP contribution in [0.15, 0.2) is 18.2 Å². The van der Waals surface area contributed by atoms with Gasteiger partial charge in [0.15, 0.2) is 0 Å². The van der Waals surface area contributed by atoms with Gasteiger partial charge in [0.1, 0.15) is 11.5 Å². The first kappa shape index (κ1) is 12.2. The van der Waals surface area contributed by atoms with Crippen molar-refractivity contribution in [3.05, 3.63) is 23.8 Å². The van der Waals surface area contributed by atoms with Crippen LogP contribution in [0.3, 0.4) is 0 Å². The van der Waals surface area contributed by atoms with Crippen molar-refractivity contribution in [1.29, 1.82) is 0 Å². The van der Waals surface area contributed by atoms with Crippen LogP contribution in [0.5, 0.6) is 11.5 Å². The molecule has 0 spiro atoms. The molecular weight excluding hydrogens is 218 g/mol. The Balaban J connectivity index is 1.98. The number of methoxy groups -OCH3 is 2. The predicted octanol–water partition coefficient (Wildman–Crippen LogP) is 1.58. The molecule has 1 aromatic rings. The summed E-state index contributed by atoms with van der Waals surface area (Å²) in [6.45, 7) is 2.46. The molecule has 1 aromatic carbocycles. The van der Waals surface area contributed by atoms with Crippen LogP contribution in [-0.4, -0.2) is 33.5 Å². The number of benzene rings is 1. The van der Waals surface area contributed by atoms with E-state index in [1.54, 1.807) is 14.2 Å². The number of nitrogens with one attached hydrogen (secondary N) is 1. The summed E-state index contributed by atoms with van der Waals surface area (Å²) in [5.41, 5.74) is 1.14. The number of ether oxygens (including phenoxy) is 3. The molecule has 0 radical (unpaired) electrons. The predicted molar refractivity (Wildman–Crippen MR) is 65.6 cm³/mol.